The van der Waals surface area contributed by atoms with Crippen molar-refractivity contribution in [2.24, 2.45) is 4.99 Å². The third-order valence-electron chi connectivity index (χ3n) is 2.76. The Morgan fingerprint density at radius 3 is 2.56 bits per heavy atom. The van der Waals surface area contributed by atoms with Crippen LogP contribution < -0.4 is 0 Å². The fraction of sp³-hybridized carbons (Fsp3) is 0.385. The predicted molar refractivity (Wildman–Crippen MR) is 76.1 cm³/mol. The second kappa shape index (κ2) is 5.44. The number of nitrogens with zero attached hydrogens (tertiary/aromatic N) is 3. The van der Waals surface area contributed by atoms with E-state index in [9.17, 15) is 4.79 Å². The lowest BCUT2D eigenvalue weighted by atomic mass is 10.3. The highest BCUT2D eigenvalue weighted by Crippen LogP contribution is 2.24. The molecule has 0 aliphatic carbocycles. The van der Waals surface area contributed by atoms with Crippen molar-refractivity contribution < 1.29 is 4.79 Å². The molecule has 5 heteroatoms. The number of aliphatic imine (C=N–C) groups is 1. The lowest BCUT2D eigenvalue weighted by Gasteiger charge is -2.35. The molecule has 1 aliphatic heterocycles. The summed E-state index contributed by atoms with van der Waals surface area (Å²) < 4.78 is 0. The number of rotatable bonds is 2. The van der Waals surface area contributed by atoms with Gasteiger partial charge in [-0.15, -0.1) is 0 Å². The zero-order valence-electron chi connectivity index (χ0n) is 10.8. The van der Waals surface area contributed by atoms with E-state index in [-0.39, 0.29) is 12.1 Å². The molecule has 2 rings (SSSR count). The molecule has 1 aromatic carbocycles. The van der Waals surface area contributed by atoms with Gasteiger partial charge >= 0.3 is 6.03 Å². The lowest BCUT2D eigenvalue weighted by molar-refractivity contribution is 0.176. The smallest absolute Gasteiger partial charge is 0.312 e. The Hall–Kier alpha value is -1.49. The average Bonchev–Trinajstić information content (AvgIpc) is 2.36. The first-order valence-electron chi connectivity index (χ1n) is 5.90. The van der Waals surface area contributed by atoms with Gasteiger partial charge in [-0.25, -0.2) is 9.79 Å². The van der Waals surface area contributed by atoms with Crippen LogP contribution >= 0.6 is 11.8 Å². The van der Waals surface area contributed by atoms with Gasteiger partial charge in [0.15, 0.2) is 5.17 Å². The van der Waals surface area contributed by atoms with E-state index >= 15 is 0 Å². The molecule has 1 aromatic rings. The van der Waals surface area contributed by atoms with E-state index in [0.29, 0.717) is 5.88 Å². The van der Waals surface area contributed by atoms with Gasteiger partial charge in [0.2, 0.25) is 0 Å². The summed E-state index contributed by atoms with van der Waals surface area (Å²) in [4.78, 5) is 20.1. The third kappa shape index (κ3) is 2.67. The standard InChI is InChI=1S/C13H17N3OS/c1-10(2)16-9-18-12(15(3)13(16)17)14-11-7-5-4-6-8-11/h4-8,10H,9H2,1-3H3. The number of carbonyl (C=O) groups excluding carboxylic acids is 1. The number of hydrogen-bond acceptors (Lipinski definition) is 3. The molecular formula is C13H17N3OS. The minimum absolute atomic E-state index is 0.0124. The molecule has 0 unspecified atom stereocenters. The summed E-state index contributed by atoms with van der Waals surface area (Å²) in [5.74, 6) is 0.659. The van der Waals surface area contributed by atoms with Crippen LogP contribution in [0.5, 0.6) is 0 Å². The van der Waals surface area contributed by atoms with Crippen molar-refractivity contribution >= 4 is 28.6 Å². The molecule has 0 atom stereocenters. The van der Waals surface area contributed by atoms with Crippen molar-refractivity contribution in [3.8, 4) is 0 Å². The molecule has 1 saturated heterocycles. The maximum atomic E-state index is 12.1. The molecule has 0 N–H and O–H groups in total. The molecule has 1 fully saturated rings. The van der Waals surface area contributed by atoms with Crippen LogP contribution in [-0.2, 0) is 0 Å². The molecule has 0 radical (unpaired) electrons. The van der Waals surface area contributed by atoms with Gasteiger partial charge in [0.25, 0.3) is 0 Å². The van der Waals surface area contributed by atoms with Crippen molar-refractivity contribution in [2.75, 3.05) is 12.9 Å². The van der Waals surface area contributed by atoms with Crippen molar-refractivity contribution in [3.63, 3.8) is 0 Å². The molecule has 18 heavy (non-hydrogen) atoms. The molecular weight excluding hydrogens is 246 g/mol. The van der Waals surface area contributed by atoms with Gasteiger partial charge in [0.05, 0.1) is 11.6 Å². The predicted octanol–water partition coefficient (Wildman–Crippen LogP) is 3.14. The molecule has 4 nitrogen and oxygen atoms in total. The van der Waals surface area contributed by atoms with Crippen molar-refractivity contribution in [1.29, 1.82) is 0 Å². The highest BCUT2D eigenvalue weighted by molar-refractivity contribution is 8.13. The number of amidine groups is 1. The largest absolute Gasteiger partial charge is 0.326 e. The summed E-state index contributed by atoms with van der Waals surface area (Å²) in [5, 5.41) is 0.753. The van der Waals surface area contributed by atoms with Crippen molar-refractivity contribution in [1.82, 2.24) is 9.80 Å². The molecule has 96 valence electrons. The van der Waals surface area contributed by atoms with Crippen LogP contribution in [0.25, 0.3) is 0 Å². The zero-order chi connectivity index (χ0) is 13.1. The Morgan fingerprint density at radius 1 is 1.28 bits per heavy atom. The number of hydrogen-bond donors (Lipinski definition) is 0. The van der Waals surface area contributed by atoms with E-state index in [0.717, 1.165) is 10.9 Å². The molecule has 1 heterocycles. The van der Waals surface area contributed by atoms with E-state index in [4.69, 9.17) is 0 Å². The summed E-state index contributed by atoms with van der Waals surface area (Å²) in [7, 11) is 1.77. The number of thioether (sulfide) groups is 1. The Bertz CT molecular complexity index is 459. The number of urea groups is 1. The van der Waals surface area contributed by atoms with E-state index in [1.165, 1.54) is 0 Å². The maximum absolute atomic E-state index is 12.1. The summed E-state index contributed by atoms with van der Waals surface area (Å²) in [6.07, 6.45) is 0. The van der Waals surface area contributed by atoms with Gasteiger partial charge in [-0.3, -0.25) is 4.90 Å². The number of amides is 2. The van der Waals surface area contributed by atoms with Crippen LogP contribution in [0.1, 0.15) is 13.8 Å². The van der Waals surface area contributed by atoms with Gasteiger partial charge in [-0.2, -0.15) is 0 Å². The Balaban J connectivity index is 2.18. The number of carbonyl (C=O) groups is 1. The van der Waals surface area contributed by atoms with Crippen LogP contribution in [0, 0.1) is 0 Å². The normalized spacial score (nSPS) is 18.9. The molecule has 0 saturated carbocycles. The summed E-state index contributed by atoms with van der Waals surface area (Å²) in [5.41, 5.74) is 0.873. The average molecular weight is 263 g/mol. The second-order valence-electron chi connectivity index (χ2n) is 4.41. The second-order valence-corrected chi connectivity index (χ2v) is 5.32. The minimum Gasteiger partial charge on any atom is -0.312 e. The van der Waals surface area contributed by atoms with Crippen molar-refractivity contribution in [2.45, 2.75) is 19.9 Å². The van der Waals surface area contributed by atoms with Crippen LogP contribution in [0.2, 0.25) is 0 Å². The SMILES string of the molecule is CC(C)N1CSC(=Nc2ccccc2)N(C)C1=O. The van der Waals surface area contributed by atoms with Gasteiger partial charge in [-0.05, 0) is 26.0 Å². The molecule has 0 aromatic heterocycles. The fourth-order valence-corrected chi connectivity index (χ4v) is 2.75. The topological polar surface area (TPSA) is 35.9 Å². The third-order valence-corrected chi connectivity index (χ3v) is 3.79. The summed E-state index contributed by atoms with van der Waals surface area (Å²) in [6, 6.07) is 9.92. The number of para-hydroxylation sites is 1. The zero-order valence-corrected chi connectivity index (χ0v) is 11.6. The van der Waals surface area contributed by atoms with Crippen LogP contribution in [-0.4, -0.2) is 40.0 Å². The summed E-state index contributed by atoms with van der Waals surface area (Å²) >= 11 is 1.59. The lowest BCUT2D eigenvalue weighted by Crippen LogP contribution is -2.50. The maximum Gasteiger partial charge on any atom is 0.326 e. The van der Waals surface area contributed by atoms with Gasteiger partial charge in [0.1, 0.15) is 0 Å². The van der Waals surface area contributed by atoms with Crippen molar-refractivity contribution in [3.05, 3.63) is 30.3 Å². The monoisotopic (exact) mass is 263 g/mol. The van der Waals surface area contributed by atoms with E-state index in [2.05, 4.69) is 4.99 Å². The molecule has 0 bridgehead atoms. The molecule has 2 amide bonds. The Labute approximate surface area is 112 Å². The van der Waals surface area contributed by atoms with E-state index in [1.807, 2.05) is 49.1 Å². The van der Waals surface area contributed by atoms with Gasteiger partial charge in [-0.1, -0.05) is 30.0 Å². The summed E-state index contributed by atoms with van der Waals surface area (Å²) in [6.45, 7) is 4.04. The fourth-order valence-electron chi connectivity index (χ4n) is 1.64. The van der Waals surface area contributed by atoms with Gasteiger partial charge in [0, 0.05) is 13.1 Å². The van der Waals surface area contributed by atoms with Gasteiger partial charge < -0.3 is 4.90 Å². The molecule has 1 aliphatic rings. The Kier molecular flexibility index (Phi) is 3.91. The van der Waals surface area contributed by atoms with E-state index in [1.54, 1.807) is 23.7 Å². The quantitative estimate of drug-likeness (QED) is 0.821. The van der Waals surface area contributed by atoms with Crippen LogP contribution in [0.3, 0.4) is 0 Å². The number of benzene rings is 1. The first kappa shape index (κ1) is 13.0. The highest BCUT2D eigenvalue weighted by Gasteiger charge is 2.29. The van der Waals surface area contributed by atoms with Crippen LogP contribution in [0.4, 0.5) is 10.5 Å². The first-order chi connectivity index (χ1) is 8.59. The first-order valence-corrected chi connectivity index (χ1v) is 6.89. The van der Waals surface area contributed by atoms with E-state index < -0.39 is 0 Å². The molecule has 0 spiro atoms. The van der Waals surface area contributed by atoms with Crippen LogP contribution in [0.15, 0.2) is 35.3 Å². The Morgan fingerprint density at radius 2 is 1.94 bits per heavy atom. The highest BCUT2D eigenvalue weighted by atomic mass is 32.2. The minimum atomic E-state index is 0.0124.